The fraction of sp³-hybridized carbons (Fsp3) is 0.333. The lowest BCUT2D eigenvalue weighted by Crippen LogP contribution is -2.01. The summed E-state index contributed by atoms with van der Waals surface area (Å²) in [5.74, 6) is 0.877. The van der Waals surface area contributed by atoms with Crippen molar-refractivity contribution < 1.29 is 0 Å². The molecule has 3 aromatic heterocycles. The number of aromatic nitrogens is 6. The molecule has 17 heavy (non-hydrogen) atoms. The molecule has 0 radical (unpaired) electrons. The number of nitrogens with two attached hydrogens (primary N) is 1. The summed E-state index contributed by atoms with van der Waals surface area (Å²) in [4.78, 5) is 0.817. The van der Waals surface area contributed by atoms with Crippen molar-refractivity contribution in [3.8, 4) is 0 Å². The number of anilines is 1. The molecule has 0 saturated carbocycles. The quantitative estimate of drug-likeness (QED) is 0.733. The van der Waals surface area contributed by atoms with Crippen LogP contribution in [0.4, 0.5) is 5.69 Å². The first-order valence-electron chi connectivity index (χ1n) is 5.24. The fourth-order valence-electron chi connectivity index (χ4n) is 1.59. The van der Waals surface area contributed by atoms with Gasteiger partial charge in [0.2, 0.25) is 4.96 Å². The molecule has 0 unspecified atom stereocenters. The summed E-state index contributed by atoms with van der Waals surface area (Å²) < 4.78 is 3.54. The topological polar surface area (TPSA) is 86.9 Å². The lowest BCUT2D eigenvalue weighted by molar-refractivity contribution is 0.669. The Morgan fingerprint density at radius 3 is 3.00 bits per heavy atom. The van der Waals surface area contributed by atoms with Gasteiger partial charge >= 0.3 is 0 Å². The number of nitrogen functional groups attached to an aromatic ring is 1. The second kappa shape index (κ2) is 3.81. The van der Waals surface area contributed by atoms with E-state index >= 15 is 0 Å². The molecule has 0 aliphatic carbocycles. The molecule has 8 heteroatoms. The molecule has 0 atom stereocenters. The SMILES string of the molecule is CCc1nnc2sc(Cn3cc(N)cn3)nn12. The minimum absolute atomic E-state index is 0.606. The zero-order valence-corrected chi connectivity index (χ0v) is 10.1. The lowest BCUT2D eigenvalue weighted by Gasteiger charge is -1.95. The Labute approximate surface area is 101 Å². The predicted molar refractivity (Wildman–Crippen MR) is 63.8 cm³/mol. The highest BCUT2D eigenvalue weighted by atomic mass is 32.1. The molecule has 0 aromatic carbocycles. The molecule has 88 valence electrons. The van der Waals surface area contributed by atoms with Crippen LogP contribution in [0.1, 0.15) is 17.8 Å². The van der Waals surface area contributed by atoms with E-state index in [4.69, 9.17) is 5.73 Å². The molecule has 0 fully saturated rings. The van der Waals surface area contributed by atoms with Crippen LogP contribution in [0.25, 0.3) is 4.96 Å². The van der Waals surface area contributed by atoms with Crippen molar-refractivity contribution in [1.29, 1.82) is 0 Å². The van der Waals surface area contributed by atoms with Crippen LogP contribution in [0.2, 0.25) is 0 Å². The molecule has 0 spiro atoms. The monoisotopic (exact) mass is 249 g/mol. The van der Waals surface area contributed by atoms with E-state index < -0.39 is 0 Å². The third-order valence-electron chi connectivity index (χ3n) is 2.36. The van der Waals surface area contributed by atoms with E-state index in [9.17, 15) is 0 Å². The lowest BCUT2D eigenvalue weighted by atomic mass is 10.5. The Morgan fingerprint density at radius 1 is 1.41 bits per heavy atom. The van der Waals surface area contributed by atoms with Crippen LogP contribution < -0.4 is 5.73 Å². The summed E-state index contributed by atoms with van der Waals surface area (Å²) in [5, 5.41) is 17.6. The first-order valence-corrected chi connectivity index (χ1v) is 6.06. The largest absolute Gasteiger partial charge is 0.396 e. The second-order valence-electron chi connectivity index (χ2n) is 3.63. The van der Waals surface area contributed by atoms with E-state index in [1.54, 1.807) is 21.6 Å². The molecule has 0 aliphatic rings. The molecule has 0 saturated heterocycles. The Balaban J connectivity index is 1.93. The first-order chi connectivity index (χ1) is 8.26. The maximum Gasteiger partial charge on any atom is 0.234 e. The van der Waals surface area contributed by atoms with Crippen molar-refractivity contribution in [1.82, 2.24) is 29.6 Å². The van der Waals surface area contributed by atoms with Crippen molar-refractivity contribution in [3.63, 3.8) is 0 Å². The van der Waals surface area contributed by atoms with E-state index in [1.165, 1.54) is 11.3 Å². The van der Waals surface area contributed by atoms with Gasteiger partial charge in [-0.1, -0.05) is 18.3 Å². The molecule has 3 heterocycles. The Morgan fingerprint density at radius 2 is 2.29 bits per heavy atom. The van der Waals surface area contributed by atoms with Crippen LogP contribution >= 0.6 is 11.3 Å². The van der Waals surface area contributed by atoms with Gasteiger partial charge in [0.05, 0.1) is 18.4 Å². The molecule has 3 aromatic rings. The van der Waals surface area contributed by atoms with Gasteiger partial charge in [0.15, 0.2) is 5.82 Å². The summed E-state index contributed by atoms with van der Waals surface area (Å²) >= 11 is 1.51. The van der Waals surface area contributed by atoms with Gasteiger partial charge in [-0.15, -0.1) is 10.2 Å². The van der Waals surface area contributed by atoms with E-state index in [0.29, 0.717) is 12.2 Å². The van der Waals surface area contributed by atoms with Gasteiger partial charge in [-0.05, 0) is 0 Å². The zero-order chi connectivity index (χ0) is 11.8. The van der Waals surface area contributed by atoms with Gasteiger partial charge in [-0.2, -0.15) is 14.7 Å². The molecule has 0 bridgehead atoms. The third kappa shape index (κ3) is 1.76. The number of rotatable bonds is 3. The fourth-order valence-corrected chi connectivity index (χ4v) is 2.43. The minimum atomic E-state index is 0.606. The maximum atomic E-state index is 5.61. The van der Waals surface area contributed by atoms with E-state index in [0.717, 1.165) is 22.2 Å². The normalized spacial score (nSPS) is 11.4. The highest BCUT2D eigenvalue weighted by Crippen LogP contribution is 2.15. The number of aryl methyl sites for hydroxylation is 1. The predicted octanol–water partition coefficient (Wildman–Crippen LogP) is 0.575. The van der Waals surface area contributed by atoms with Gasteiger partial charge in [0.1, 0.15) is 5.01 Å². The average Bonchev–Trinajstić information content (AvgIpc) is 2.94. The number of hydrogen-bond acceptors (Lipinski definition) is 6. The number of nitrogens with zero attached hydrogens (tertiary/aromatic N) is 6. The highest BCUT2D eigenvalue weighted by molar-refractivity contribution is 7.16. The molecular formula is C9H11N7S. The molecule has 2 N–H and O–H groups in total. The van der Waals surface area contributed by atoms with E-state index in [2.05, 4.69) is 20.4 Å². The first kappa shape index (κ1) is 10.2. The summed E-state index contributed by atoms with van der Waals surface area (Å²) in [6.45, 7) is 2.64. The molecular weight excluding hydrogens is 238 g/mol. The van der Waals surface area contributed by atoms with Crippen LogP contribution in [0.5, 0.6) is 0 Å². The van der Waals surface area contributed by atoms with Gasteiger partial charge in [0.25, 0.3) is 0 Å². The van der Waals surface area contributed by atoms with Crippen molar-refractivity contribution >= 4 is 22.0 Å². The van der Waals surface area contributed by atoms with Crippen molar-refractivity contribution in [2.24, 2.45) is 0 Å². The van der Waals surface area contributed by atoms with Gasteiger partial charge in [-0.25, -0.2) is 0 Å². The Kier molecular flexibility index (Phi) is 2.29. The zero-order valence-electron chi connectivity index (χ0n) is 9.24. The molecule has 0 amide bonds. The number of hydrogen-bond donors (Lipinski definition) is 1. The second-order valence-corrected chi connectivity index (χ2v) is 4.67. The van der Waals surface area contributed by atoms with Crippen LogP contribution in [0.15, 0.2) is 12.4 Å². The van der Waals surface area contributed by atoms with Gasteiger partial charge < -0.3 is 5.73 Å². The summed E-state index contributed by atoms with van der Waals surface area (Å²) in [5.41, 5.74) is 6.26. The minimum Gasteiger partial charge on any atom is -0.396 e. The maximum absolute atomic E-state index is 5.61. The van der Waals surface area contributed by atoms with Crippen LogP contribution in [-0.2, 0) is 13.0 Å². The standard InChI is InChI=1S/C9H11N7S/c1-2-7-12-13-9-16(7)14-8(17-9)5-15-4-6(10)3-11-15/h3-4H,2,5,10H2,1H3. The third-order valence-corrected chi connectivity index (χ3v) is 3.25. The Bertz CT molecular complexity index is 649. The van der Waals surface area contributed by atoms with Crippen LogP contribution in [0, 0.1) is 0 Å². The summed E-state index contributed by atoms with van der Waals surface area (Å²) in [6.07, 6.45) is 4.22. The van der Waals surface area contributed by atoms with Crippen LogP contribution in [0.3, 0.4) is 0 Å². The Hall–Kier alpha value is -1.96. The molecule has 7 nitrogen and oxygen atoms in total. The van der Waals surface area contributed by atoms with Crippen molar-refractivity contribution in [3.05, 3.63) is 23.2 Å². The van der Waals surface area contributed by atoms with E-state index in [1.807, 2.05) is 6.92 Å². The van der Waals surface area contributed by atoms with Gasteiger partial charge in [-0.3, -0.25) is 4.68 Å². The smallest absolute Gasteiger partial charge is 0.234 e. The van der Waals surface area contributed by atoms with E-state index in [-0.39, 0.29) is 0 Å². The van der Waals surface area contributed by atoms with Crippen molar-refractivity contribution in [2.75, 3.05) is 5.73 Å². The number of fused-ring (bicyclic) bond motifs is 1. The molecule has 3 rings (SSSR count). The average molecular weight is 249 g/mol. The van der Waals surface area contributed by atoms with Crippen molar-refractivity contribution in [2.45, 2.75) is 19.9 Å². The highest BCUT2D eigenvalue weighted by Gasteiger charge is 2.10. The summed E-state index contributed by atoms with van der Waals surface area (Å²) in [6, 6.07) is 0. The van der Waals surface area contributed by atoms with Gasteiger partial charge in [0, 0.05) is 12.6 Å². The van der Waals surface area contributed by atoms with Crippen LogP contribution in [-0.4, -0.2) is 29.6 Å². The molecule has 0 aliphatic heterocycles. The summed E-state index contributed by atoms with van der Waals surface area (Å²) in [7, 11) is 0.